The molecule has 1 heterocycles. The van der Waals surface area contributed by atoms with Crippen LogP contribution in [-0.2, 0) is 0 Å². The van der Waals surface area contributed by atoms with Crippen molar-refractivity contribution < 1.29 is 14.3 Å². The van der Waals surface area contributed by atoms with E-state index < -0.39 is 0 Å². The fraction of sp³-hybridized carbons (Fsp3) is 0.0952. The zero-order chi connectivity index (χ0) is 17.6. The predicted molar refractivity (Wildman–Crippen MR) is 101 cm³/mol. The molecule has 0 aliphatic rings. The lowest BCUT2D eigenvalue weighted by molar-refractivity contribution is 0.106. The fourth-order valence-corrected chi connectivity index (χ4v) is 3.19. The van der Waals surface area contributed by atoms with Crippen molar-refractivity contribution >= 4 is 17.1 Å². The van der Waals surface area contributed by atoms with E-state index in [0.29, 0.717) is 16.4 Å². The molecule has 0 unspecified atom stereocenters. The number of methoxy groups -OCH3 is 2. The summed E-state index contributed by atoms with van der Waals surface area (Å²) in [5.74, 6) is 6.79. The second-order valence-corrected chi connectivity index (χ2v) is 6.13. The Balaban J connectivity index is 1.96. The Morgan fingerprint density at radius 2 is 1.64 bits per heavy atom. The molecular weight excluding hydrogens is 332 g/mol. The van der Waals surface area contributed by atoms with Crippen LogP contribution in [0.3, 0.4) is 0 Å². The highest BCUT2D eigenvalue weighted by atomic mass is 32.1. The van der Waals surface area contributed by atoms with Crippen LogP contribution in [0.25, 0.3) is 11.1 Å². The maximum Gasteiger partial charge on any atom is 0.246 e. The summed E-state index contributed by atoms with van der Waals surface area (Å²) in [4.78, 5) is 13.2. The number of carbonyl (C=O) groups is 1. The first-order chi connectivity index (χ1) is 12.2. The molecule has 4 heteroatoms. The van der Waals surface area contributed by atoms with E-state index in [1.165, 1.54) is 11.3 Å². The van der Waals surface area contributed by atoms with Crippen LogP contribution in [-0.4, -0.2) is 20.0 Å². The smallest absolute Gasteiger partial charge is 0.246 e. The monoisotopic (exact) mass is 348 g/mol. The van der Waals surface area contributed by atoms with Crippen molar-refractivity contribution in [2.75, 3.05) is 14.2 Å². The summed E-state index contributed by atoms with van der Waals surface area (Å²) in [6.45, 7) is 0. The van der Waals surface area contributed by atoms with E-state index in [-0.39, 0.29) is 5.78 Å². The highest BCUT2D eigenvalue weighted by molar-refractivity contribution is 7.12. The standard InChI is InChI=1S/C21H16O3S/c1-23-17-12-16(13-18(14-17)24-2)19-10-11-25-21(19)20(22)9-8-15-6-4-3-5-7-15/h3-7,10-14H,1-2H3. The normalized spacial score (nSPS) is 9.84. The Morgan fingerprint density at radius 1 is 0.960 bits per heavy atom. The number of hydrogen-bond acceptors (Lipinski definition) is 4. The van der Waals surface area contributed by atoms with E-state index in [9.17, 15) is 4.79 Å². The summed E-state index contributed by atoms with van der Waals surface area (Å²) in [7, 11) is 3.20. The number of Topliss-reactive ketones (excluding diaryl/α,β-unsaturated/α-hetero) is 1. The van der Waals surface area contributed by atoms with Gasteiger partial charge in [0.1, 0.15) is 11.5 Å². The largest absolute Gasteiger partial charge is 0.497 e. The van der Waals surface area contributed by atoms with Gasteiger partial charge in [-0.1, -0.05) is 24.1 Å². The second-order valence-electron chi connectivity index (χ2n) is 5.21. The highest BCUT2D eigenvalue weighted by Crippen LogP contribution is 2.34. The summed E-state index contributed by atoms with van der Waals surface area (Å²) in [5.41, 5.74) is 2.51. The number of benzene rings is 2. The van der Waals surface area contributed by atoms with Crippen molar-refractivity contribution in [3.05, 3.63) is 70.4 Å². The van der Waals surface area contributed by atoms with Gasteiger partial charge in [-0.15, -0.1) is 11.3 Å². The molecule has 0 saturated heterocycles. The van der Waals surface area contributed by atoms with Crippen LogP contribution >= 0.6 is 11.3 Å². The lowest BCUT2D eigenvalue weighted by atomic mass is 10.0. The molecule has 0 N–H and O–H groups in total. The number of carbonyl (C=O) groups excluding carboxylic acids is 1. The minimum absolute atomic E-state index is 0.198. The minimum atomic E-state index is -0.198. The molecule has 1 aromatic heterocycles. The maximum absolute atomic E-state index is 12.6. The molecule has 3 aromatic rings. The molecule has 124 valence electrons. The Kier molecular flexibility index (Phi) is 5.17. The number of hydrogen-bond donors (Lipinski definition) is 0. The van der Waals surface area contributed by atoms with Crippen molar-refractivity contribution in [1.29, 1.82) is 0 Å². The summed E-state index contributed by atoms with van der Waals surface area (Å²) in [6, 6.07) is 16.9. The average molecular weight is 348 g/mol. The zero-order valence-corrected chi connectivity index (χ0v) is 14.7. The molecule has 0 spiro atoms. The Bertz CT molecular complexity index is 924. The van der Waals surface area contributed by atoms with Gasteiger partial charge in [-0.25, -0.2) is 0 Å². The molecule has 0 atom stereocenters. The molecule has 25 heavy (non-hydrogen) atoms. The van der Waals surface area contributed by atoms with Gasteiger partial charge in [-0.3, -0.25) is 4.79 Å². The van der Waals surface area contributed by atoms with Gasteiger partial charge in [-0.2, -0.15) is 0 Å². The van der Waals surface area contributed by atoms with Crippen LogP contribution in [0.4, 0.5) is 0 Å². The Morgan fingerprint density at radius 3 is 2.28 bits per heavy atom. The molecule has 0 saturated carbocycles. The Hall–Kier alpha value is -3.03. The van der Waals surface area contributed by atoms with E-state index in [0.717, 1.165) is 16.7 Å². The lowest BCUT2D eigenvalue weighted by Gasteiger charge is -2.08. The molecule has 3 nitrogen and oxygen atoms in total. The molecule has 0 aliphatic heterocycles. The van der Waals surface area contributed by atoms with Crippen LogP contribution in [0.2, 0.25) is 0 Å². The minimum Gasteiger partial charge on any atom is -0.497 e. The molecule has 0 bridgehead atoms. The van der Waals surface area contributed by atoms with Crippen LogP contribution in [0.5, 0.6) is 11.5 Å². The molecular formula is C21H16O3S. The van der Waals surface area contributed by atoms with Crippen molar-refractivity contribution in [2.24, 2.45) is 0 Å². The van der Waals surface area contributed by atoms with Crippen LogP contribution < -0.4 is 9.47 Å². The van der Waals surface area contributed by atoms with E-state index in [1.807, 2.05) is 53.9 Å². The molecule has 0 aliphatic carbocycles. The fourth-order valence-electron chi connectivity index (χ4n) is 2.38. The average Bonchev–Trinajstić information content (AvgIpc) is 3.16. The zero-order valence-electron chi connectivity index (χ0n) is 13.9. The molecule has 0 fully saturated rings. The number of rotatable bonds is 4. The summed E-state index contributed by atoms with van der Waals surface area (Å²) in [5, 5.41) is 1.89. The van der Waals surface area contributed by atoms with Gasteiger partial charge >= 0.3 is 0 Å². The maximum atomic E-state index is 12.6. The van der Waals surface area contributed by atoms with Crippen molar-refractivity contribution in [1.82, 2.24) is 0 Å². The van der Waals surface area contributed by atoms with Gasteiger partial charge in [0.25, 0.3) is 0 Å². The first-order valence-corrected chi connectivity index (χ1v) is 8.51. The number of thiophene rings is 1. The number of ether oxygens (including phenoxy) is 2. The predicted octanol–water partition coefficient (Wildman–Crippen LogP) is 4.67. The van der Waals surface area contributed by atoms with Gasteiger partial charge in [0.05, 0.1) is 19.1 Å². The highest BCUT2D eigenvalue weighted by Gasteiger charge is 2.14. The first kappa shape index (κ1) is 16.8. The molecule has 0 amide bonds. The quantitative estimate of drug-likeness (QED) is 0.508. The van der Waals surface area contributed by atoms with Gasteiger partial charge in [-0.05, 0) is 47.2 Å². The van der Waals surface area contributed by atoms with Crippen LogP contribution in [0.15, 0.2) is 60.0 Å². The van der Waals surface area contributed by atoms with E-state index in [1.54, 1.807) is 20.3 Å². The van der Waals surface area contributed by atoms with E-state index in [2.05, 4.69) is 11.8 Å². The van der Waals surface area contributed by atoms with E-state index >= 15 is 0 Å². The topological polar surface area (TPSA) is 35.5 Å². The summed E-state index contributed by atoms with van der Waals surface area (Å²) in [6.07, 6.45) is 0. The van der Waals surface area contributed by atoms with Crippen molar-refractivity contribution in [3.63, 3.8) is 0 Å². The second kappa shape index (κ2) is 7.69. The van der Waals surface area contributed by atoms with E-state index in [4.69, 9.17) is 9.47 Å². The first-order valence-electron chi connectivity index (χ1n) is 7.63. The lowest BCUT2D eigenvalue weighted by Crippen LogP contribution is -1.95. The van der Waals surface area contributed by atoms with Gasteiger partial charge in [0.15, 0.2) is 0 Å². The summed E-state index contributed by atoms with van der Waals surface area (Å²) < 4.78 is 10.6. The number of ketones is 1. The van der Waals surface area contributed by atoms with Gasteiger partial charge in [0.2, 0.25) is 5.78 Å². The Labute approximate surface area is 150 Å². The third-order valence-corrected chi connectivity index (χ3v) is 4.54. The summed E-state index contributed by atoms with van der Waals surface area (Å²) >= 11 is 1.38. The molecule has 3 rings (SSSR count). The third-order valence-electron chi connectivity index (χ3n) is 3.63. The SMILES string of the molecule is COc1cc(OC)cc(-c2ccsc2C(=O)C#Cc2ccccc2)c1. The van der Waals surface area contributed by atoms with Crippen molar-refractivity contribution in [3.8, 4) is 34.5 Å². The van der Waals surface area contributed by atoms with Gasteiger partial charge in [0, 0.05) is 17.2 Å². The van der Waals surface area contributed by atoms with Crippen LogP contribution in [0.1, 0.15) is 15.2 Å². The van der Waals surface area contributed by atoms with Crippen molar-refractivity contribution in [2.45, 2.75) is 0 Å². The molecule has 2 aromatic carbocycles. The van der Waals surface area contributed by atoms with Crippen LogP contribution in [0, 0.1) is 11.8 Å². The third kappa shape index (κ3) is 3.90. The van der Waals surface area contributed by atoms with Gasteiger partial charge < -0.3 is 9.47 Å². The molecule has 0 radical (unpaired) electrons.